The molecule has 1 aromatic rings. The molecule has 0 spiro atoms. The molecule has 1 amide bonds. The van der Waals surface area contributed by atoms with E-state index >= 15 is 0 Å². The van der Waals surface area contributed by atoms with Crippen LogP contribution in [0, 0.1) is 0 Å². The first-order chi connectivity index (χ1) is 8.63. The molecule has 0 aliphatic heterocycles. The van der Waals surface area contributed by atoms with Crippen molar-refractivity contribution in [2.75, 3.05) is 13.2 Å². The second kappa shape index (κ2) is 7.45. The Labute approximate surface area is 106 Å². The number of nitrogens with two attached hydrogens (primary N) is 1. The van der Waals surface area contributed by atoms with Crippen molar-refractivity contribution >= 4 is 11.9 Å². The van der Waals surface area contributed by atoms with E-state index in [1.54, 1.807) is 6.92 Å². The number of benzene rings is 1. The minimum Gasteiger partial charge on any atom is -0.465 e. The first kappa shape index (κ1) is 14.2. The number of esters is 1. The summed E-state index contributed by atoms with van der Waals surface area (Å²) in [4.78, 5) is 22.7. The van der Waals surface area contributed by atoms with Gasteiger partial charge in [0.25, 0.3) is 0 Å². The highest BCUT2D eigenvalue weighted by Gasteiger charge is 2.14. The highest BCUT2D eigenvalue weighted by atomic mass is 16.5. The fourth-order valence-electron chi connectivity index (χ4n) is 1.46. The van der Waals surface area contributed by atoms with Crippen LogP contribution in [0.1, 0.15) is 12.5 Å². The van der Waals surface area contributed by atoms with Crippen LogP contribution in [0.15, 0.2) is 30.3 Å². The predicted molar refractivity (Wildman–Crippen MR) is 67.8 cm³/mol. The topological polar surface area (TPSA) is 81.4 Å². The summed E-state index contributed by atoms with van der Waals surface area (Å²) >= 11 is 0. The average molecular weight is 250 g/mol. The lowest BCUT2D eigenvalue weighted by molar-refractivity contribution is -0.143. The van der Waals surface area contributed by atoms with Gasteiger partial charge in [-0.2, -0.15) is 0 Å². The van der Waals surface area contributed by atoms with Gasteiger partial charge >= 0.3 is 5.97 Å². The van der Waals surface area contributed by atoms with Crippen molar-refractivity contribution in [3.63, 3.8) is 0 Å². The number of hydrogen-bond donors (Lipinski definition) is 2. The maximum atomic E-state index is 11.6. The maximum absolute atomic E-state index is 11.6. The highest BCUT2D eigenvalue weighted by molar-refractivity contribution is 5.85. The molecule has 0 fully saturated rings. The lowest BCUT2D eigenvalue weighted by Crippen LogP contribution is -2.44. The Hall–Kier alpha value is -1.88. The van der Waals surface area contributed by atoms with Crippen molar-refractivity contribution in [2.45, 2.75) is 19.4 Å². The molecule has 0 saturated heterocycles. The summed E-state index contributed by atoms with van der Waals surface area (Å²) in [6, 6.07) is 8.81. The van der Waals surface area contributed by atoms with Crippen LogP contribution < -0.4 is 11.1 Å². The normalized spacial score (nSPS) is 11.7. The molecule has 18 heavy (non-hydrogen) atoms. The number of carbonyl (C=O) groups excluding carboxylic acids is 2. The van der Waals surface area contributed by atoms with Crippen molar-refractivity contribution in [1.29, 1.82) is 0 Å². The number of nitrogens with one attached hydrogen (secondary N) is 1. The van der Waals surface area contributed by atoms with Gasteiger partial charge in [-0.15, -0.1) is 0 Å². The second-order valence-electron chi connectivity index (χ2n) is 3.82. The van der Waals surface area contributed by atoms with Crippen LogP contribution >= 0.6 is 0 Å². The summed E-state index contributed by atoms with van der Waals surface area (Å²) in [5.41, 5.74) is 6.73. The molecule has 5 nitrogen and oxygen atoms in total. The second-order valence-corrected chi connectivity index (χ2v) is 3.82. The minimum absolute atomic E-state index is 0.144. The summed E-state index contributed by atoms with van der Waals surface area (Å²) in [6.45, 7) is 1.86. The van der Waals surface area contributed by atoms with Gasteiger partial charge in [-0.3, -0.25) is 9.59 Å². The molecule has 0 aliphatic rings. The van der Waals surface area contributed by atoms with E-state index in [0.717, 1.165) is 5.56 Å². The molecular weight excluding hydrogens is 232 g/mol. The van der Waals surface area contributed by atoms with E-state index in [0.29, 0.717) is 13.0 Å². The minimum atomic E-state index is -0.665. The largest absolute Gasteiger partial charge is 0.465 e. The van der Waals surface area contributed by atoms with E-state index in [-0.39, 0.29) is 12.5 Å². The lowest BCUT2D eigenvalue weighted by Gasteiger charge is -2.11. The molecule has 0 saturated carbocycles. The Morgan fingerprint density at radius 1 is 1.33 bits per heavy atom. The molecule has 1 rings (SSSR count). The first-order valence-corrected chi connectivity index (χ1v) is 5.86. The third kappa shape index (κ3) is 4.97. The van der Waals surface area contributed by atoms with Gasteiger partial charge in [0, 0.05) is 0 Å². The van der Waals surface area contributed by atoms with Crippen LogP contribution in [0.4, 0.5) is 0 Å². The maximum Gasteiger partial charge on any atom is 0.325 e. The number of carbonyl (C=O) groups is 2. The van der Waals surface area contributed by atoms with Gasteiger partial charge in [0.1, 0.15) is 6.54 Å². The Bertz CT molecular complexity index is 392. The fourth-order valence-corrected chi connectivity index (χ4v) is 1.46. The zero-order valence-electron chi connectivity index (χ0n) is 10.4. The van der Waals surface area contributed by atoms with Crippen LogP contribution in [0.2, 0.25) is 0 Å². The Morgan fingerprint density at radius 2 is 2.00 bits per heavy atom. The van der Waals surface area contributed by atoms with Gasteiger partial charge in [0.15, 0.2) is 0 Å². The summed E-state index contributed by atoms with van der Waals surface area (Å²) < 4.78 is 4.70. The molecule has 0 heterocycles. The zero-order valence-corrected chi connectivity index (χ0v) is 10.4. The standard InChI is InChI=1S/C13H18N2O3/c1-2-18-12(16)9-15-13(17)11(14)8-10-6-4-3-5-7-10/h3-7,11H,2,8-9,14H2,1H3,(H,15,17)/t11-/m0/s1. The average Bonchev–Trinajstić information content (AvgIpc) is 2.37. The lowest BCUT2D eigenvalue weighted by atomic mass is 10.1. The molecule has 1 atom stereocenters. The van der Waals surface area contributed by atoms with Gasteiger partial charge in [-0.25, -0.2) is 0 Å². The third-order valence-corrected chi connectivity index (χ3v) is 2.35. The van der Waals surface area contributed by atoms with Crippen LogP contribution in [0.5, 0.6) is 0 Å². The molecule has 0 bridgehead atoms. The highest BCUT2D eigenvalue weighted by Crippen LogP contribution is 2.01. The fraction of sp³-hybridized carbons (Fsp3) is 0.385. The van der Waals surface area contributed by atoms with Gasteiger partial charge in [-0.05, 0) is 18.9 Å². The smallest absolute Gasteiger partial charge is 0.325 e. The van der Waals surface area contributed by atoms with E-state index < -0.39 is 12.0 Å². The monoisotopic (exact) mass is 250 g/mol. The summed E-state index contributed by atoms with van der Waals surface area (Å²) in [5.74, 6) is -0.815. The van der Waals surface area contributed by atoms with E-state index in [1.807, 2.05) is 30.3 Å². The summed E-state index contributed by atoms with van der Waals surface area (Å²) in [7, 11) is 0. The molecule has 0 unspecified atom stereocenters. The quantitative estimate of drug-likeness (QED) is 0.708. The number of amides is 1. The molecule has 3 N–H and O–H groups in total. The van der Waals surface area contributed by atoms with Gasteiger partial charge in [0.05, 0.1) is 12.6 Å². The number of hydrogen-bond acceptors (Lipinski definition) is 4. The molecule has 0 radical (unpaired) electrons. The summed E-state index contributed by atoms with van der Waals surface area (Å²) in [5, 5.41) is 2.45. The Morgan fingerprint density at radius 3 is 2.61 bits per heavy atom. The molecular formula is C13H18N2O3. The van der Waals surface area contributed by atoms with E-state index in [4.69, 9.17) is 10.5 Å². The van der Waals surface area contributed by atoms with Crippen molar-refractivity contribution in [2.24, 2.45) is 5.73 Å². The van der Waals surface area contributed by atoms with Crippen molar-refractivity contribution in [3.05, 3.63) is 35.9 Å². The number of ether oxygens (including phenoxy) is 1. The molecule has 5 heteroatoms. The van der Waals surface area contributed by atoms with Crippen LogP contribution in [0.3, 0.4) is 0 Å². The van der Waals surface area contributed by atoms with Crippen molar-refractivity contribution in [3.8, 4) is 0 Å². The third-order valence-electron chi connectivity index (χ3n) is 2.35. The molecule has 0 aromatic heterocycles. The van der Waals surface area contributed by atoms with E-state index in [9.17, 15) is 9.59 Å². The van der Waals surface area contributed by atoms with Crippen LogP contribution in [0.25, 0.3) is 0 Å². The van der Waals surface area contributed by atoms with Crippen LogP contribution in [-0.4, -0.2) is 31.1 Å². The molecule has 0 aliphatic carbocycles. The molecule has 1 aromatic carbocycles. The van der Waals surface area contributed by atoms with E-state index in [2.05, 4.69) is 5.32 Å². The Kier molecular flexibility index (Phi) is 5.87. The van der Waals surface area contributed by atoms with Gasteiger partial charge in [-0.1, -0.05) is 30.3 Å². The summed E-state index contributed by atoms with van der Waals surface area (Å²) in [6.07, 6.45) is 0.440. The van der Waals surface area contributed by atoms with Gasteiger partial charge < -0.3 is 15.8 Å². The van der Waals surface area contributed by atoms with Gasteiger partial charge in [0.2, 0.25) is 5.91 Å². The van der Waals surface area contributed by atoms with E-state index in [1.165, 1.54) is 0 Å². The number of rotatable bonds is 6. The van der Waals surface area contributed by atoms with Crippen molar-refractivity contribution in [1.82, 2.24) is 5.32 Å². The van der Waals surface area contributed by atoms with Crippen molar-refractivity contribution < 1.29 is 14.3 Å². The zero-order chi connectivity index (χ0) is 13.4. The Balaban J connectivity index is 2.35. The molecule has 98 valence electrons. The predicted octanol–water partition coefficient (Wildman–Crippen LogP) is 0.236. The SMILES string of the molecule is CCOC(=O)CNC(=O)[C@@H](N)Cc1ccccc1. The first-order valence-electron chi connectivity index (χ1n) is 5.86. The van der Waals surface area contributed by atoms with Crippen LogP contribution in [-0.2, 0) is 20.7 Å².